The summed E-state index contributed by atoms with van der Waals surface area (Å²) in [5.41, 5.74) is 7.46. The van der Waals surface area contributed by atoms with Crippen molar-refractivity contribution in [3.8, 4) is 0 Å². The summed E-state index contributed by atoms with van der Waals surface area (Å²) in [5.74, 6) is -0.350. The number of hydrogen-bond donors (Lipinski definition) is 3. The molecule has 0 radical (unpaired) electrons. The van der Waals surface area contributed by atoms with Gasteiger partial charge in [-0.3, -0.25) is 9.59 Å². The largest absolute Gasteiger partial charge is 0.372 e. The van der Waals surface area contributed by atoms with Gasteiger partial charge in [-0.25, -0.2) is 0 Å². The molecule has 3 rings (SSSR count). The highest BCUT2D eigenvalue weighted by Gasteiger charge is 2.28. The molecular weight excluding hydrogens is 316 g/mol. The van der Waals surface area contributed by atoms with Gasteiger partial charge in [0.05, 0.1) is 19.0 Å². The van der Waals surface area contributed by atoms with Crippen LogP contribution in [0.25, 0.3) is 0 Å². The number of primary amides is 1. The average molecular weight is 345 g/mol. The number of piperidine rings is 2. The molecule has 6 heteroatoms. The van der Waals surface area contributed by atoms with Gasteiger partial charge in [0.2, 0.25) is 5.91 Å². The Morgan fingerprint density at radius 3 is 2.52 bits per heavy atom. The Balaban J connectivity index is 1.50. The smallest absolute Gasteiger partial charge is 0.279 e. The molecule has 0 spiro atoms. The van der Waals surface area contributed by atoms with E-state index in [9.17, 15) is 9.59 Å². The lowest BCUT2D eigenvalue weighted by Crippen LogP contribution is -3.14. The number of nitrogens with zero attached hydrogens (tertiary/aromatic N) is 1. The zero-order valence-corrected chi connectivity index (χ0v) is 14.8. The Morgan fingerprint density at radius 1 is 1.12 bits per heavy atom. The number of anilines is 2. The molecule has 0 aliphatic carbocycles. The highest BCUT2D eigenvalue weighted by molar-refractivity contribution is 5.91. The van der Waals surface area contributed by atoms with E-state index >= 15 is 0 Å². The van der Waals surface area contributed by atoms with E-state index < -0.39 is 0 Å². The fourth-order valence-corrected chi connectivity index (χ4v) is 3.89. The predicted octanol–water partition coefficient (Wildman–Crippen LogP) is 0.396. The Bertz CT molecular complexity index is 596. The van der Waals surface area contributed by atoms with Crippen LogP contribution in [-0.2, 0) is 9.59 Å². The Kier molecular flexibility index (Phi) is 5.91. The molecule has 1 aromatic rings. The second-order valence-electron chi connectivity index (χ2n) is 7.27. The van der Waals surface area contributed by atoms with Crippen LogP contribution in [0.3, 0.4) is 0 Å². The molecule has 2 aliphatic heterocycles. The van der Waals surface area contributed by atoms with Gasteiger partial charge in [0, 0.05) is 24.5 Å². The summed E-state index contributed by atoms with van der Waals surface area (Å²) in [6.45, 7) is 4.20. The lowest BCUT2D eigenvalue weighted by atomic mass is 9.97. The van der Waals surface area contributed by atoms with Gasteiger partial charge < -0.3 is 20.9 Å². The molecular formula is C19H29N4O2+. The molecule has 2 amide bonds. The van der Waals surface area contributed by atoms with E-state index in [2.05, 4.69) is 22.3 Å². The zero-order chi connectivity index (χ0) is 17.6. The molecule has 0 saturated carbocycles. The second kappa shape index (κ2) is 8.34. The summed E-state index contributed by atoms with van der Waals surface area (Å²) in [5, 5.41) is 2.97. The normalized spacial score (nSPS) is 23.9. The summed E-state index contributed by atoms with van der Waals surface area (Å²) in [4.78, 5) is 27.2. The minimum absolute atomic E-state index is 0.00848. The summed E-state index contributed by atoms with van der Waals surface area (Å²) in [6.07, 6.45) is 5.62. The van der Waals surface area contributed by atoms with Crippen LogP contribution >= 0.6 is 0 Å². The van der Waals surface area contributed by atoms with Gasteiger partial charge in [0.25, 0.3) is 5.91 Å². The first-order chi connectivity index (χ1) is 12.1. The van der Waals surface area contributed by atoms with Crippen LogP contribution in [0.2, 0.25) is 0 Å². The minimum Gasteiger partial charge on any atom is -0.372 e. The molecule has 2 fully saturated rings. The first-order valence-electron chi connectivity index (χ1n) is 9.39. The molecule has 0 bridgehead atoms. The quantitative estimate of drug-likeness (QED) is 0.722. The Hall–Kier alpha value is -2.08. The average Bonchev–Trinajstić information content (AvgIpc) is 2.63. The third-order valence-corrected chi connectivity index (χ3v) is 5.30. The standard InChI is InChI=1S/C19H28N4O2/c20-19(25)15-5-4-10-22(13-15)14-18(24)21-16-6-8-17(9-7-16)23-11-2-1-3-12-23/h6-9,15H,1-5,10-14H2,(H2,20,25)(H,21,24)/p+1/t15-/m0/s1. The van der Waals surface area contributed by atoms with Gasteiger partial charge in [-0.1, -0.05) is 0 Å². The first kappa shape index (κ1) is 17.7. The molecule has 4 N–H and O–H groups in total. The molecule has 6 nitrogen and oxygen atoms in total. The van der Waals surface area contributed by atoms with Crippen LogP contribution in [0.5, 0.6) is 0 Å². The molecule has 1 aromatic carbocycles. The highest BCUT2D eigenvalue weighted by Crippen LogP contribution is 2.21. The van der Waals surface area contributed by atoms with Crippen molar-refractivity contribution in [3.05, 3.63) is 24.3 Å². The molecule has 2 saturated heterocycles. The van der Waals surface area contributed by atoms with Crippen LogP contribution in [-0.4, -0.2) is 44.5 Å². The van der Waals surface area contributed by atoms with Gasteiger partial charge in [-0.05, 0) is 56.4 Å². The van der Waals surface area contributed by atoms with E-state index in [1.807, 2.05) is 12.1 Å². The zero-order valence-electron chi connectivity index (χ0n) is 14.8. The van der Waals surface area contributed by atoms with E-state index in [0.717, 1.165) is 43.1 Å². The molecule has 2 aliphatic rings. The third kappa shape index (κ3) is 4.95. The number of amides is 2. The van der Waals surface area contributed by atoms with Gasteiger partial charge in [0.15, 0.2) is 6.54 Å². The maximum Gasteiger partial charge on any atom is 0.279 e. The van der Waals surface area contributed by atoms with Crippen molar-refractivity contribution >= 4 is 23.2 Å². The summed E-state index contributed by atoms with van der Waals surface area (Å²) >= 11 is 0. The number of carbonyl (C=O) groups is 2. The van der Waals surface area contributed by atoms with E-state index in [0.29, 0.717) is 13.1 Å². The predicted molar refractivity (Wildman–Crippen MR) is 98.6 cm³/mol. The maximum absolute atomic E-state index is 12.3. The molecule has 2 heterocycles. The van der Waals surface area contributed by atoms with Crippen molar-refractivity contribution in [2.45, 2.75) is 32.1 Å². The van der Waals surface area contributed by atoms with Crippen molar-refractivity contribution in [2.24, 2.45) is 11.7 Å². The number of benzene rings is 1. The van der Waals surface area contributed by atoms with Crippen molar-refractivity contribution in [1.82, 2.24) is 0 Å². The van der Waals surface area contributed by atoms with Crippen LogP contribution in [0.4, 0.5) is 11.4 Å². The fourth-order valence-electron chi connectivity index (χ4n) is 3.89. The second-order valence-corrected chi connectivity index (χ2v) is 7.27. The maximum atomic E-state index is 12.3. The third-order valence-electron chi connectivity index (χ3n) is 5.30. The minimum atomic E-state index is -0.245. The van der Waals surface area contributed by atoms with E-state index in [4.69, 9.17) is 5.73 Å². The lowest BCUT2D eigenvalue weighted by molar-refractivity contribution is -0.899. The van der Waals surface area contributed by atoms with Crippen LogP contribution in [0.1, 0.15) is 32.1 Å². The molecule has 0 aromatic heterocycles. The van der Waals surface area contributed by atoms with Crippen LogP contribution in [0.15, 0.2) is 24.3 Å². The summed E-state index contributed by atoms with van der Waals surface area (Å²) in [6, 6.07) is 8.11. The number of likely N-dealkylation sites (tertiary alicyclic amines) is 1. The van der Waals surface area contributed by atoms with Crippen molar-refractivity contribution in [3.63, 3.8) is 0 Å². The molecule has 25 heavy (non-hydrogen) atoms. The van der Waals surface area contributed by atoms with Gasteiger partial charge >= 0.3 is 0 Å². The monoisotopic (exact) mass is 345 g/mol. The highest BCUT2D eigenvalue weighted by atomic mass is 16.2. The summed E-state index contributed by atoms with van der Waals surface area (Å²) in [7, 11) is 0. The lowest BCUT2D eigenvalue weighted by Gasteiger charge is -2.29. The number of nitrogens with one attached hydrogen (secondary N) is 2. The van der Waals surface area contributed by atoms with Crippen molar-refractivity contribution in [1.29, 1.82) is 0 Å². The van der Waals surface area contributed by atoms with E-state index in [-0.39, 0.29) is 17.7 Å². The Morgan fingerprint density at radius 2 is 1.84 bits per heavy atom. The fraction of sp³-hybridized carbons (Fsp3) is 0.579. The van der Waals surface area contributed by atoms with Gasteiger partial charge in [-0.2, -0.15) is 0 Å². The van der Waals surface area contributed by atoms with Gasteiger partial charge in [0.1, 0.15) is 0 Å². The SMILES string of the molecule is NC(=O)[C@H]1CCC[NH+](CC(=O)Nc2ccc(N3CCCCC3)cc2)C1. The van der Waals surface area contributed by atoms with E-state index in [1.165, 1.54) is 24.9 Å². The summed E-state index contributed by atoms with van der Waals surface area (Å²) < 4.78 is 0. The number of rotatable bonds is 5. The molecule has 1 unspecified atom stereocenters. The first-order valence-corrected chi connectivity index (χ1v) is 9.39. The van der Waals surface area contributed by atoms with Crippen molar-refractivity contribution in [2.75, 3.05) is 42.9 Å². The van der Waals surface area contributed by atoms with Gasteiger partial charge in [-0.15, -0.1) is 0 Å². The molecule has 136 valence electrons. The molecule has 2 atom stereocenters. The topological polar surface area (TPSA) is 79.9 Å². The Labute approximate surface area is 149 Å². The number of carbonyl (C=O) groups excluding carboxylic acids is 2. The van der Waals surface area contributed by atoms with Crippen molar-refractivity contribution < 1.29 is 14.5 Å². The van der Waals surface area contributed by atoms with E-state index in [1.54, 1.807) is 0 Å². The number of hydrogen-bond acceptors (Lipinski definition) is 3. The van der Waals surface area contributed by atoms with Crippen LogP contribution < -0.4 is 20.9 Å². The van der Waals surface area contributed by atoms with Crippen LogP contribution in [0, 0.1) is 5.92 Å². The number of nitrogens with two attached hydrogens (primary N) is 1. The number of quaternary nitrogens is 1.